The van der Waals surface area contributed by atoms with Crippen molar-refractivity contribution in [3.63, 3.8) is 0 Å². The summed E-state index contributed by atoms with van der Waals surface area (Å²) in [5.41, 5.74) is -3.55. The Bertz CT molecular complexity index is 972. The maximum atomic E-state index is 13.3. The van der Waals surface area contributed by atoms with Crippen LogP contribution in [0.5, 0.6) is 0 Å². The maximum absolute atomic E-state index is 13.3. The molecule has 2 saturated heterocycles. The fourth-order valence-corrected chi connectivity index (χ4v) is 7.37. The van der Waals surface area contributed by atoms with Crippen LogP contribution in [0.1, 0.15) is 37.3 Å². The van der Waals surface area contributed by atoms with E-state index >= 15 is 0 Å². The minimum absolute atomic E-state index is 0.00119. The zero-order valence-electron chi connectivity index (χ0n) is 16.1. The fourth-order valence-electron chi connectivity index (χ4n) is 3.43. The number of anilines is 1. The molecule has 0 bridgehead atoms. The number of fused-ring (bicyclic) bond motifs is 1. The number of carbonyl (C=O) groups is 1. The average Bonchev–Trinajstić information content (AvgIpc) is 3.08. The highest BCUT2D eigenvalue weighted by atomic mass is 32.2. The number of benzene rings is 1. The first-order chi connectivity index (χ1) is 14.2. The predicted molar refractivity (Wildman–Crippen MR) is 105 cm³/mol. The molecule has 172 valence electrons. The van der Waals surface area contributed by atoms with Crippen LogP contribution in [0, 0.1) is 0 Å². The highest BCUT2D eigenvalue weighted by molar-refractivity contribution is 8.16. The largest absolute Gasteiger partial charge is 0.416 e. The molecule has 5 nitrogen and oxygen atoms in total. The van der Waals surface area contributed by atoms with Gasteiger partial charge in [0, 0.05) is 17.4 Å². The van der Waals surface area contributed by atoms with Crippen LogP contribution in [-0.2, 0) is 27.0 Å². The lowest BCUT2D eigenvalue weighted by molar-refractivity contribution is -0.143. The van der Waals surface area contributed by atoms with Crippen molar-refractivity contribution in [2.45, 2.75) is 49.8 Å². The van der Waals surface area contributed by atoms with Crippen LogP contribution in [0.15, 0.2) is 23.2 Å². The van der Waals surface area contributed by atoms with Crippen LogP contribution < -0.4 is 4.90 Å². The molecule has 2 heterocycles. The minimum Gasteiger partial charge on any atom is -0.316 e. The third-order valence-corrected chi connectivity index (χ3v) is 8.09. The van der Waals surface area contributed by atoms with Crippen molar-refractivity contribution in [1.29, 1.82) is 0 Å². The van der Waals surface area contributed by atoms with Crippen molar-refractivity contribution in [1.82, 2.24) is 0 Å². The maximum Gasteiger partial charge on any atom is 0.416 e. The number of alkyl halides is 6. The zero-order chi connectivity index (χ0) is 23.2. The summed E-state index contributed by atoms with van der Waals surface area (Å²) in [4.78, 5) is 17.1. The van der Waals surface area contributed by atoms with E-state index in [1.54, 1.807) is 0 Å². The first-order valence-electron chi connectivity index (χ1n) is 9.28. The number of aliphatic imine (C=N–C) groups is 1. The van der Waals surface area contributed by atoms with Crippen LogP contribution in [0.4, 0.5) is 32.0 Å². The number of hydrogen-bond acceptors (Lipinski definition) is 4. The number of rotatable bonds is 4. The van der Waals surface area contributed by atoms with Gasteiger partial charge in [-0.05, 0) is 24.6 Å². The summed E-state index contributed by atoms with van der Waals surface area (Å²) in [7, 11) is -3.54. The van der Waals surface area contributed by atoms with Gasteiger partial charge in [-0.25, -0.2) is 8.42 Å². The standard InChI is InChI=1S/C18H18F6N2O3S2/c1-2-3-4-15(27)25-16-26(13-8-31(28,29)9-14(13)30-16)12-6-10(17(19,20)21)5-11(7-12)18(22,23)24/h5-7,13-14H,2-4,8-9H2,1H3/t13-,14+/m1/s1. The fraction of sp³-hybridized carbons (Fsp3) is 0.556. The molecule has 0 aliphatic carbocycles. The molecule has 13 heteroatoms. The number of sulfone groups is 1. The first kappa shape index (κ1) is 23.9. The monoisotopic (exact) mass is 488 g/mol. The Morgan fingerprint density at radius 2 is 1.68 bits per heavy atom. The number of unbranched alkanes of at least 4 members (excludes halogenated alkanes) is 1. The van der Waals surface area contributed by atoms with Crippen molar-refractivity contribution in [3.8, 4) is 0 Å². The van der Waals surface area contributed by atoms with Gasteiger partial charge < -0.3 is 4.90 Å². The van der Waals surface area contributed by atoms with E-state index in [4.69, 9.17) is 0 Å². The molecule has 2 atom stereocenters. The van der Waals surface area contributed by atoms with Crippen molar-refractivity contribution < 1.29 is 39.6 Å². The molecule has 0 spiro atoms. The number of nitrogens with zero attached hydrogens (tertiary/aromatic N) is 2. The van der Waals surface area contributed by atoms with Gasteiger partial charge in [-0.3, -0.25) is 4.79 Å². The molecule has 1 aromatic carbocycles. The number of halogens is 6. The Kier molecular flexibility index (Phi) is 6.40. The molecule has 2 aliphatic heterocycles. The second-order valence-corrected chi connectivity index (χ2v) is 10.7. The lowest BCUT2D eigenvalue weighted by Gasteiger charge is -2.26. The number of carbonyl (C=O) groups excluding carboxylic acids is 1. The topological polar surface area (TPSA) is 66.8 Å². The first-order valence-corrected chi connectivity index (χ1v) is 12.0. The summed E-state index contributed by atoms with van der Waals surface area (Å²) in [5, 5.41) is -0.731. The molecule has 2 aliphatic rings. The van der Waals surface area contributed by atoms with Crippen LogP contribution in [-0.4, -0.2) is 42.3 Å². The summed E-state index contributed by atoms with van der Waals surface area (Å²) < 4.78 is 104. The van der Waals surface area contributed by atoms with E-state index in [9.17, 15) is 39.6 Å². The van der Waals surface area contributed by atoms with E-state index in [2.05, 4.69) is 4.99 Å². The number of thioether (sulfide) groups is 1. The predicted octanol–water partition coefficient (Wildman–Crippen LogP) is 4.52. The molecule has 1 aromatic rings. The number of hydrogen-bond donors (Lipinski definition) is 0. The zero-order valence-corrected chi connectivity index (χ0v) is 17.8. The highest BCUT2D eigenvalue weighted by Crippen LogP contribution is 2.44. The second-order valence-electron chi connectivity index (χ2n) is 7.33. The Labute approximate surface area is 178 Å². The normalized spacial score (nSPS) is 24.6. The SMILES string of the molecule is CCCCC(=O)N=C1S[C@H]2CS(=O)(=O)C[C@H]2N1c1cc(C(F)(F)F)cc(C(F)(F)F)c1. The minimum atomic E-state index is -5.06. The molecule has 2 fully saturated rings. The van der Waals surface area contributed by atoms with Gasteiger partial charge in [0.05, 0.1) is 28.7 Å². The molecule has 0 N–H and O–H groups in total. The van der Waals surface area contributed by atoms with Crippen molar-refractivity contribution in [2.24, 2.45) is 4.99 Å². The Morgan fingerprint density at radius 3 is 2.19 bits per heavy atom. The lowest BCUT2D eigenvalue weighted by atomic mass is 10.1. The van der Waals surface area contributed by atoms with Gasteiger partial charge >= 0.3 is 12.4 Å². The summed E-state index contributed by atoms with van der Waals surface area (Å²) >= 11 is 0.888. The number of amides is 1. The van der Waals surface area contributed by atoms with Crippen molar-refractivity contribution in [3.05, 3.63) is 29.3 Å². The van der Waals surface area contributed by atoms with Gasteiger partial charge in [0.1, 0.15) is 0 Å². The summed E-state index contributed by atoms with van der Waals surface area (Å²) in [6, 6.07) is 0.126. The van der Waals surface area contributed by atoms with Gasteiger partial charge in [0.15, 0.2) is 15.0 Å². The molecular formula is C18H18F6N2O3S2. The second kappa shape index (κ2) is 8.30. The van der Waals surface area contributed by atoms with E-state index in [1.165, 1.54) is 0 Å². The molecular weight excluding hydrogens is 470 g/mol. The Hall–Kier alpha value is -1.76. The molecule has 31 heavy (non-hydrogen) atoms. The molecule has 0 radical (unpaired) electrons. The summed E-state index contributed by atoms with van der Waals surface area (Å²) in [5.74, 6) is -1.32. The van der Waals surface area contributed by atoms with Gasteiger partial charge in [-0.2, -0.15) is 31.3 Å². The van der Waals surface area contributed by atoms with Crippen LogP contribution >= 0.6 is 11.8 Å². The number of amidine groups is 1. The lowest BCUT2D eigenvalue weighted by Crippen LogP contribution is -2.38. The van der Waals surface area contributed by atoms with Crippen molar-refractivity contribution >= 4 is 38.4 Å². The molecule has 0 aromatic heterocycles. The summed E-state index contributed by atoms with van der Waals surface area (Å²) in [6.45, 7) is 1.84. The third-order valence-electron chi connectivity index (χ3n) is 4.88. The molecule has 1 amide bonds. The Morgan fingerprint density at radius 1 is 1.10 bits per heavy atom. The van der Waals surface area contributed by atoms with Gasteiger partial charge in [0.2, 0.25) is 5.91 Å². The smallest absolute Gasteiger partial charge is 0.316 e. The quantitative estimate of drug-likeness (QED) is 0.584. The van der Waals surface area contributed by atoms with E-state index in [0.717, 1.165) is 16.7 Å². The van der Waals surface area contributed by atoms with E-state index in [-0.39, 0.29) is 23.4 Å². The molecule has 0 unspecified atom stereocenters. The van der Waals surface area contributed by atoms with Gasteiger partial charge in [-0.15, -0.1) is 0 Å². The third kappa shape index (κ3) is 5.36. The van der Waals surface area contributed by atoms with E-state index in [1.807, 2.05) is 6.92 Å². The highest BCUT2D eigenvalue weighted by Gasteiger charge is 2.50. The van der Waals surface area contributed by atoms with Crippen LogP contribution in [0.3, 0.4) is 0 Å². The molecule has 0 saturated carbocycles. The van der Waals surface area contributed by atoms with Crippen LogP contribution in [0.25, 0.3) is 0 Å². The Balaban J connectivity index is 2.12. The van der Waals surface area contributed by atoms with Gasteiger partial charge in [0.25, 0.3) is 0 Å². The summed E-state index contributed by atoms with van der Waals surface area (Å²) in [6.07, 6.45) is -8.84. The average molecular weight is 488 g/mol. The van der Waals surface area contributed by atoms with E-state index < -0.39 is 62.0 Å². The molecule has 3 rings (SSSR count). The van der Waals surface area contributed by atoms with E-state index in [0.29, 0.717) is 25.0 Å². The van der Waals surface area contributed by atoms with Crippen molar-refractivity contribution in [2.75, 3.05) is 16.4 Å². The van der Waals surface area contributed by atoms with Gasteiger partial charge in [-0.1, -0.05) is 25.1 Å². The van der Waals surface area contributed by atoms with Crippen LogP contribution in [0.2, 0.25) is 0 Å².